The zero-order valence-electron chi connectivity index (χ0n) is 24.1. The maximum atomic E-state index is 12.1. The number of aliphatic carboxylic acids is 1. The summed E-state index contributed by atoms with van der Waals surface area (Å²) < 4.78 is 5.98. The number of carboxylic acids is 1. The highest BCUT2D eigenvalue weighted by atomic mass is 16.5. The summed E-state index contributed by atoms with van der Waals surface area (Å²) >= 11 is 0. The summed E-state index contributed by atoms with van der Waals surface area (Å²) in [5.41, 5.74) is 8.78. The van der Waals surface area contributed by atoms with Crippen LogP contribution in [0.5, 0.6) is 5.75 Å². The number of aryl methyl sites for hydroxylation is 2. The second-order valence-corrected chi connectivity index (χ2v) is 11.4. The van der Waals surface area contributed by atoms with E-state index in [0.29, 0.717) is 6.61 Å². The third-order valence-electron chi connectivity index (χ3n) is 8.82. The van der Waals surface area contributed by atoms with E-state index in [1.807, 2.05) is 37.6 Å². The van der Waals surface area contributed by atoms with Crippen LogP contribution in [0.2, 0.25) is 0 Å². The molecule has 0 atom stereocenters. The maximum Gasteiger partial charge on any atom is 0.307 e. The number of carbonyl (C=O) groups is 1. The van der Waals surface area contributed by atoms with Crippen molar-refractivity contribution >= 4 is 33.6 Å². The number of benzene rings is 3. The largest absolute Gasteiger partial charge is 0.493 e. The van der Waals surface area contributed by atoms with Crippen molar-refractivity contribution in [2.45, 2.75) is 26.7 Å². The number of fused-ring (bicyclic) bond motifs is 1. The molecule has 3 aromatic carbocycles. The Balaban J connectivity index is 1.39. The zero-order valence-corrected chi connectivity index (χ0v) is 24.1. The van der Waals surface area contributed by atoms with Gasteiger partial charge in [-0.1, -0.05) is 18.2 Å². The lowest BCUT2D eigenvalue weighted by Gasteiger charge is -2.32. The lowest BCUT2D eigenvalue weighted by molar-refractivity contribution is -0.136. The number of ether oxygens (including phenoxy) is 1. The first-order chi connectivity index (χ1) is 20.4. The topological polar surface area (TPSA) is 91.7 Å². The second-order valence-electron chi connectivity index (χ2n) is 11.4. The fraction of sp³-hybridized carbons (Fsp3) is 0.294. The molecule has 7 rings (SSSR count). The van der Waals surface area contributed by atoms with E-state index in [9.17, 15) is 9.90 Å². The number of nitrogens with zero attached hydrogens (tertiary/aromatic N) is 5. The van der Waals surface area contributed by atoms with Gasteiger partial charge in [0.2, 0.25) is 5.95 Å². The molecule has 8 heteroatoms. The van der Waals surface area contributed by atoms with E-state index in [-0.39, 0.29) is 6.42 Å². The number of carboxylic acid groups (broad SMARTS) is 1. The molecule has 0 radical (unpaired) electrons. The zero-order chi connectivity index (χ0) is 29.0. The lowest BCUT2D eigenvalue weighted by atomic mass is 9.84. The molecule has 0 bridgehead atoms. The van der Waals surface area contributed by atoms with Crippen molar-refractivity contribution < 1.29 is 14.6 Å². The number of hydrogen-bond donors (Lipinski definition) is 1. The van der Waals surface area contributed by atoms with Crippen molar-refractivity contribution in [1.29, 1.82) is 0 Å². The molecule has 2 aliphatic heterocycles. The van der Waals surface area contributed by atoms with Crippen LogP contribution in [0.15, 0.2) is 55.0 Å². The number of hydrogen-bond acceptors (Lipinski definition) is 7. The predicted octanol–water partition coefficient (Wildman–Crippen LogP) is 5.44. The summed E-state index contributed by atoms with van der Waals surface area (Å²) in [7, 11) is 2.14. The molecule has 8 nitrogen and oxygen atoms in total. The minimum Gasteiger partial charge on any atom is -0.493 e. The third-order valence-corrected chi connectivity index (χ3v) is 8.82. The molecule has 0 aliphatic carbocycles. The fourth-order valence-corrected chi connectivity index (χ4v) is 6.53. The van der Waals surface area contributed by atoms with Gasteiger partial charge >= 0.3 is 5.97 Å². The number of rotatable bonds is 5. The van der Waals surface area contributed by atoms with E-state index in [0.717, 1.165) is 105 Å². The van der Waals surface area contributed by atoms with Gasteiger partial charge in [0.15, 0.2) is 0 Å². The molecule has 0 unspecified atom stereocenters. The average molecular weight is 560 g/mol. The van der Waals surface area contributed by atoms with Crippen molar-refractivity contribution in [2.24, 2.45) is 0 Å². The molecular formula is C34H33N5O3. The van der Waals surface area contributed by atoms with E-state index in [1.54, 1.807) is 0 Å². The molecule has 4 heterocycles. The Bertz CT molecular complexity index is 1850. The van der Waals surface area contributed by atoms with Gasteiger partial charge in [-0.25, -0.2) is 9.97 Å². The number of anilines is 1. The number of pyridine rings is 1. The summed E-state index contributed by atoms with van der Waals surface area (Å²) in [6.07, 6.45) is 6.43. The summed E-state index contributed by atoms with van der Waals surface area (Å²) in [5, 5.41) is 13.0. The summed E-state index contributed by atoms with van der Waals surface area (Å²) in [6, 6.07) is 12.4. The van der Waals surface area contributed by atoms with Gasteiger partial charge in [0, 0.05) is 67.7 Å². The van der Waals surface area contributed by atoms with Crippen molar-refractivity contribution in [1.82, 2.24) is 19.9 Å². The van der Waals surface area contributed by atoms with Gasteiger partial charge in [-0.3, -0.25) is 9.78 Å². The summed E-state index contributed by atoms with van der Waals surface area (Å²) in [5.74, 6) is 0.739. The Morgan fingerprint density at radius 3 is 2.48 bits per heavy atom. The molecule has 42 heavy (non-hydrogen) atoms. The van der Waals surface area contributed by atoms with Gasteiger partial charge in [-0.05, 0) is 83.2 Å². The molecule has 1 fully saturated rings. The van der Waals surface area contributed by atoms with Crippen LogP contribution < -0.4 is 9.64 Å². The number of piperazine rings is 1. The van der Waals surface area contributed by atoms with E-state index in [4.69, 9.17) is 19.7 Å². The van der Waals surface area contributed by atoms with E-state index in [2.05, 4.69) is 48.0 Å². The van der Waals surface area contributed by atoms with Crippen molar-refractivity contribution in [2.75, 3.05) is 44.7 Å². The Morgan fingerprint density at radius 1 is 0.952 bits per heavy atom. The SMILES string of the molecule is Cc1cc2c(C)c(-c3cnc(N4CCN(C)CC4)nc3)ccc2c(-c2ccc3c4c(ccnc24)CCO3)c1CC(=O)O. The predicted molar refractivity (Wildman–Crippen MR) is 165 cm³/mol. The quantitative estimate of drug-likeness (QED) is 0.304. The lowest BCUT2D eigenvalue weighted by Crippen LogP contribution is -2.45. The van der Waals surface area contributed by atoms with Gasteiger partial charge in [0.05, 0.1) is 18.5 Å². The molecule has 5 aromatic rings. The molecule has 1 N–H and O–H groups in total. The Kier molecular flexibility index (Phi) is 6.50. The Morgan fingerprint density at radius 2 is 1.71 bits per heavy atom. The number of likely N-dealkylation sites (N-methyl/N-ethyl adjacent to an activating group) is 1. The summed E-state index contributed by atoms with van der Waals surface area (Å²) in [4.78, 5) is 30.9. The van der Waals surface area contributed by atoms with Gasteiger partial charge in [-0.15, -0.1) is 0 Å². The number of aromatic nitrogens is 3. The molecule has 212 valence electrons. The van der Waals surface area contributed by atoms with Crippen LogP contribution in [0.1, 0.15) is 22.3 Å². The van der Waals surface area contributed by atoms with Crippen LogP contribution in [0.25, 0.3) is 43.9 Å². The van der Waals surface area contributed by atoms with E-state index < -0.39 is 5.97 Å². The normalized spacial score (nSPS) is 15.3. The smallest absolute Gasteiger partial charge is 0.307 e. The van der Waals surface area contributed by atoms with Crippen LogP contribution >= 0.6 is 0 Å². The fourth-order valence-electron chi connectivity index (χ4n) is 6.53. The summed E-state index contributed by atoms with van der Waals surface area (Å²) in [6.45, 7) is 8.61. The average Bonchev–Trinajstić information content (AvgIpc) is 2.99. The first kappa shape index (κ1) is 26.3. The molecule has 0 saturated carbocycles. The molecule has 0 spiro atoms. The van der Waals surface area contributed by atoms with Crippen LogP contribution in [0, 0.1) is 13.8 Å². The Hall–Kier alpha value is -4.56. The second kappa shape index (κ2) is 10.4. The molecule has 1 saturated heterocycles. The van der Waals surface area contributed by atoms with Crippen LogP contribution in [0.3, 0.4) is 0 Å². The third kappa shape index (κ3) is 4.43. The highest BCUT2D eigenvalue weighted by molar-refractivity contribution is 6.10. The van der Waals surface area contributed by atoms with Crippen LogP contribution in [0.4, 0.5) is 5.95 Å². The minimum atomic E-state index is -0.858. The maximum absolute atomic E-state index is 12.1. The van der Waals surface area contributed by atoms with E-state index in [1.165, 1.54) is 5.56 Å². The van der Waals surface area contributed by atoms with Gasteiger partial charge in [0.1, 0.15) is 5.75 Å². The van der Waals surface area contributed by atoms with Crippen LogP contribution in [-0.2, 0) is 17.6 Å². The first-order valence-electron chi connectivity index (χ1n) is 14.5. The van der Waals surface area contributed by atoms with Crippen molar-refractivity contribution in [3.05, 3.63) is 77.2 Å². The molecule has 2 aliphatic rings. The van der Waals surface area contributed by atoms with Crippen molar-refractivity contribution in [3.63, 3.8) is 0 Å². The first-order valence-corrected chi connectivity index (χ1v) is 14.5. The van der Waals surface area contributed by atoms with E-state index >= 15 is 0 Å². The van der Waals surface area contributed by atoms with Crippen LogP contribution in [-0.4, -0.2) is 70.8 Å². The molecular weight excluding hydrogens is 526 g/mol. The minimum absolute atomic E-state index is 0.0705. The monoisotopic (exact) mass is 559 g/mol. The van der Waals surface area contributed by atoms with Gasteiger partial charge in [-0.2, -0.15) is 0 Å². The standard InChI is InChI=1S/C34H33N5O3/c1-20-16-28-21(2)24(23-18-36-34(37-19-23)39-13-11-38(3)12-14-39)4-5-25(28)32(27(20)17-30(40)41)26-6-7-29-31-22(9-15-42-29)8-10-35-33(26)31/h4-8,10,16,18-19H,9,11-15,17H2,1-3H3,(H,40,41). The highest BCUT2D eigenvalue weighted by Crippen LogP contribution is 2.44. The van der Waals surface area contributed by atoms with Crippen molar-refractivity contribution in [3.8, 4) is 28.0 Å². The molecule has 2 aromatic heterocycles. The molecule has 0 amide bonds. The van der Waals surface area contributed by atoms with Gasteiger partial charge in [0.25, 0.3) is 0 Å². The highest BCUT2D eigenvalue weighted by Gasteiger charge is 2.23. The Labute approximate surface area is 244 Å². The van der Waals surface area contributed by atoms with Gasteiger partial charge < -0.3 is 19.6 Å².